The van der Waals surface area contributed by atoms with Crippen LogP contribution in [0.1, 0.15) is 52.0 Å². The molecule has 1 aliphatic rings. The molecular formula is C19H32N4O2. The average molecular weight is 348 g/mol. The number of carbonyl (C=O) groups is 1. The van der Waals surface area contributed by atoms with Gasteiger partial charge in [-0.15, -0.1) is 0 Å². The number of urea groups is 1. The highest BCUT2D eigenvalue weighted by atomic mass is 16.5. The maximum atomic E-state index is 12.0. The molecule has 140 valence electrons. The second kappa shape index (κ2) is 10.2. The Morgan fingerprint density at radius 1 is 1.40 bits per heavy atom. The summed E-state index contributed by atoms with van der Waals surface area (Å²) in [7, 11) is 0. The number of nitrogens with zero attached hydrogens (tertiary/aromatic N) is 2. The van der Waals surface area contributed by atoms with Gasteiger partial charge in [-0.25, -0.2) is 9.78 Å². The van der Waals surface area contributed by atoms with Crippen molar-refractivity contribution in [3.8, 4) is 5.88 Å². The Balaban J connectivity index is 1.65. The molecule has 0 aliphatic carbocycles. The normalized spacial score (nSPS) is 18.2. The smallest absolute Gasteiger partial charge is 0.315 e. The van der Waals surface area contributed by atoms with Gasteiger partial charge in [-0.05, 0) is 52.6 Å². The van der Waals surface area contributed by atoms with Gasteiger partial charge in [-0.1, -0.05) is 12.5 Å². The van der Waals surface area contributed by atoms with Crippen LogP contribution in [0.15, 0.2) is 18.3 Å². The van der Waals surface area contributed by atoms with Crippen molar-refractivity contribution in [1.82, 2.24) is 20.5 Å². The maximum absolute atomic E-state index is 12.0. The minimum absolute atomic E-state index is 0.0552. The zero-order valence-corrected chi connectivity index (χ0v) is 15.8. The molecule has 0 spiro atoms. The monoisotopic (exact) mass is 348 g/mol. The van der Waals surface area contributed by atoms with Crippen molar-refractivity contribution < 1.29 is 9.53 Å². The molecule has 1 unspecified atom stereocenters. The number of aromatic nitrogens is 1. The molecule has 2 amide bonds. The first-order valence-electron chi connectivity index (χ1n) is 9.42. The van der Waals surface area contributed by atoms with E-state index in [0.717, 1.165) is 18.5 Å². The number of rotatable bonds is 8. The van der Waals surface area contributed by atoms with Crippen molar-refractivity contribution in [3.05, 3.63) is 23.9 Å². The Labute approximate surface area is 151 Å². The molecule has 2 heterocycles. The van der Waals surface area contributed by atoms with Crippen molar-refractivity contribution in [2.24, 2.45) is 0 Å². The van der Waals surface area contributed by atoms with Crippen LogP contribution in [0.2, 0.25) is 0 Å². The summed E-state index contributed by atoms with van der Waals surface area (Å²) in [5.41, 5.74) is 0.883. The molecule has 0 bridgehead atoms. The number of pyridine rings is 1. The highest BCUT2D eigenvalue weighted by molar-refractivity contribution is 5.73. The lowest BCUT2D eigenvalue weighted by atomic mass is 10.0. The van der Waals surface area contributed by atoms with E-state index < -0.39 is 0 Å². The van der Waals surface area contributed by atoms with E-state index in [-0.39, 0.29) is 12.1 Å². The van der Waals surface area contributed by atoms with Crippen molar-refractivity contribution in [2.45, 2.75) is 65.1 Å². The quantitative estimate of drug-likeness (QED) is 0.709. The molecule has 0 radical (unpaired) electrons. The SMILES string of the molecule is CC(C)Oc1ncccc1CNC(=O)NCCCN1CCCCC1C. The standard InChI is InChI=1S/C19H32N4O2/c1-15(2)25-18-17(9-6-10-20-18)14-22-19(24)21-11-7-13-23-12-5-4-8-16(23)3/h6,9-10,15-16H,4-5,7-8,11-14H2,1-3H3,(H2,21,22,24). The van der Waals surface area contributed by atoms with Crippen LogP contribution < -0.4 is 15.4 Å². The number of likely N-dealkylation sites (tertiary alicyclic amines) is 1. The fraction of sp³-hybridized carbons (Fsp3) is 0.684. The van der Waals surface area contributed by atoms with E-state index in [0.29, 0.717) is 25.0 Å². The molecular weight excluding hydrogens is 316 g/mol. The average Bonchev–Trinajstić information content (AvgIpc) is 2.59. The predicted molar refractivity (Wildman–Crippen MR) is 99.7 cm³/mol. The minimum atomic E-state index is -0.147. The number of ether oxygens (including phenoxy) is 1. The van der Waals surface area contributed by atoms with E-state index in [1.54, 1.807) is 6.20 Å². The highest BCUT2D eigenvalue weighted by Gasteiger charge is 2.17. The van der Waals surface area contributed by atoms with Crippen LogP contribution in [0.5, 0.6) is 5.88 Å². The van der Waals surface area contributed by atoms with Gasteiger partial charge in [0, 0.05) is 37.4 Å². The fourth-order valence-corrected chi connectivity index (χ4v) is 3.10. The lowest BCUT2D eigenvalue weighted by molar-refractivity contribution is 0.159. The Hall–Kier alpha value is -1.82. The lowest BCUT2D eigenvalue weighted by Gasteiger charge is -2.33. The van der Waals surface area contributed by atoms with E-state index in [1.807, 2.05) is 26.0 Å². The molecule has 1 aromatic rings. The van der Waals surface area contributed by atoms with E-state index in [4.69, 9.17) is 4.74 Å². The van der Waals surface area contributed by atoms with Crippen LogP contribution >= 0.6 is 0 Å². The molecule has 1 saturated heterocycles. The molecule has 1 atom stereocenters. The predicted octanol–water partition coefficient (Wildman–Crippen LogP) is 2.93. The first-order valence-corrected chi connectivity index (χ1v) is 9.42. The van der Waals surface area contributed by atoms with E-state index in [2.05, 4.69) is 27.4 Å². The van der Waals surface area contributed by atoms with Gasteiger partial charge < -0.3 is 20.3 Å². The van der Waals surface area contributed by atoms with Crippen molar-refractivity contribution >= 4 is 6.03 Å². The van der Waals surface area contributed by atoms with Gasteiger partial charge in [0.15, 0.2) is 0 Å². The second-order valence-corrected chi connectivity index (χ2v) is 6.98. The van der Waals surface area contributed by atoms with E-state index >= 15 is 0 Å². The topological polar surface area (TPSA) is 66.5 Å². The molecule has 2 N–H and O–H groups in total. The molecule has 1 aliphatic heterocycles. The minimum Gasteiger partial charge on any atom is -0.475 e. The Bertz CT molecular complexity index is 536. The van der Waals surface area contributed by atoms with Crippen LogP contribution in [-0.2, 0) is 6.54 Å². The van der Waals surface area contributed by atoms with E-state index in [1.165, 1.54) is 25.8 Å². The van der Waals surface area contributed by atoms with Crippen LogP contribution in [0.25, 0.3) is 0 Å². The first kappa shape index (κ1) is 19.5. The fourth-order valence-electron chi connectivity index (χ4n) is 3.10. The maximum Gasteiger partial charge on any atom is 0.315 e. The Morgan fingerprint density at radius 2 is 2.24 bits per heavy atom. The van der Waals surface area contributed by atoms with Gasteiger partial charge in [0.25, 0.3) is 0 Å². The lowest BCUT2D eigenvalue weighted by Crippen LogP contribution is -2.40. The summed E-state index contributed by atoms with van der Waals surface area (Å²) in [6, 6.07) is 4.29. The molecule has 6 heteroatoms. The zero-order valence-electron chi connectivity index (χ0n) is 15.8. The largest absolute Gasteiger partial charge is 0.475 e. The summed E-state index contributed by atoms with van der Waals surface area (Å²) in [5.74, 6) is 0.580. The van der Waals surface area contributed by atoms with Gasteiger partial charge >= 0.3 is 6.03 Å². The van der Waals surface area contributed by atoms with Gasteiger partial charge in [-0.3, -0.25) is 0 Å². The summed E-state index contributed by atoms with van der Waals surface area (Å²) in [5, 5.41) is 5.81. The summed E-state index contributed by atoms with van der Waals surface area (Å²) in [4.78, 5) is 18.7. The molecule has 25 heavy (non-hydrogen) atoms. The number of carbonyl (C=O) groups excluding carboxylic acids is 1. The van der Waals surface area contributed by atoms with Gasteiger partial charge in [0.2, 0.25) is 5.88 Å². The van der Waals surface area contributed by atoms with E-state index in [9.17, 15) is 4.79 Å². The van der Waals surface area contributed by atoms with Gasteiger partial charge in [0.1, 0.15) is 0 Å². The van der Waals surface area contributed by atoms with Crippen molar-refractivity contribution in [2.75, 3.05) is 19.6 Å². The number of hydrogen-bond donors (Lipinski definition) is 2. The summed E-state index contributed by atoms with van der Waals surface area (Å²) in [6.07, 6.45) is 6.66. The third-order valence-corrected chi connectivity index (χ3v) is 4.48. The number of nitrogens with one attached hydrogen (secondary N) is 2. The molecule has 2 rings (SSSR count). The Morgan fingerprint density at radius 3 is 3.00 bits per heavy atom. The van der Waals surface area contributed by atoms with Gasteiger partial charge in [-0.2, -0.15) is 0 Å². The summed E-state index contributed by atoms with van der Waals surface area (Å²) >= 11 is 0. The number of hydrogen-bond acceptors (Lipinski definition) is 4. The second-order valence-electron chi connectivity index (χ2n) is 6.98. The molecule has 1 fully saturated rings. The zero-order chi connectivity index (χ0) is 18.1. The van der Waals surface area contributed by atoms with Crippen LogP contribution in [0.4, 0.5) is 4.79 Å². The molecule has 0 aromatic carbocycles. The summed E-state index contributed by atoms with van der Waals surface area (Å²) < 4.78 is 5.67. The summed E-state index contributed by atoms with van der Waals surface area (Å²) in [6.45, 7) is 9.55. The third-order valence-electron chi connectivity index (χ3n) is 4.48. The van der Waals surface area contributed by atoms with Gasteiger partial charge in [0.05, 0.1) is 6.10 Å². The van der Waals surface area contributed by atoms with Crippen LogP contribution in [0, 0.1) is 0 Å². The molecule has 0 saturated carbocycles. The van der Waals surface area contributed by atoms with Crippen LogP contribution in [-0.4, -0.2) is 47.7 Å². The molecule has 6 nitrogen and oxygen atoms in total. The van der Waals surface area contributed by atoms with Crippen molar-refractivity contribution in [1.29, 1.82) is 0 Å². The Kier molecular flexibility index (Phi) is 7.98. The number of piperidine rings is 1. The molecule has 1 aromatic heterocycles. The number of amides is 2. The highest BCUT2D eigenvalue weighted by Crippen LogP contribution is 2.16. The van der Waals surface area contributed by atoms with Crippen molar-refractivity contribution in [3.63, 3.8) is 0 Å². The first-order chi connectivity index (χ1) is 12.1. The van der Waals surface area contributed by atoms with Crippen LogP contribution in [0.3, 0.4) is 0 Å². The third kappa shape index (κ3) is 6.90.